The van der Waals surface area contributed by atoms with Crippen molar-refractivity contribution in [2.45, 2.75) is 6.92 Å². The second-order valence-electron chi connectivity index (χ2n) is 7.92. The highest BCUT2D eigenvalue weighted by Gasteiger charge is 2.24. The molecule has 3 heterocycles. The van der Waals surface area contributed by atoms with Crippen LogP contribution in [0.1, 0.15) is 5.69 Å². The van der Waals surface area contributed by atoms with Crippen LogP contribution in [-0.2, 0) is 4.74 Å². The van der Waals surface area contributed by atoms with Crippen molar-refractivity contribution >= 4 is 51.6 Å². The monoisotopic (exact) mass is 526 g/mol. The van der Waals surface area contributed by atoms with Crippen LogP contribution in [0.15, 0.2) is 41.2 Å². The van der Waals surface area contributed by atoms with Crippen LogP contribution in [-0.4, -0.2) is 54.7 Å². The summed E-state index contributed by atoms with van der Waals surface area (Å²) in [5, 5.41) is 13.1. The van der Waals surface area contributed by atoms with Crippen LogP contribution in [0.25, 0.3) is 10.9 Å². The van der Waals surface area contributed by atoms with E-state index in [4.69, 9.17) is 35.1 Å². The lowest BCUT2D eigenvalue weighted by molar-refractivity contribution is 0.134. The SMILES string of the molecule is COCCOc1cc2ncnc(Nc3ccc(NC(=O)Nc4cc(C)no4)c(Cl)c3)c2c2c1OCCO2. The first-order chi connectivity index (χ1) is 18.0. The quantitative estimate of drug-likeness (QED) is 0.275. The number of nitrogens with one attached hydrogen (secondary N) is 3. The van der Waals surface area contributed by atoms with Crippen LogP contribution in [0.2, 0.25) is 5.02 Å². The highest BCUT2D eigenvalue weighted by Crippen LogP contribution is 2.47. The van der Waals surface area contributed by atoms with E-state index in [1.165, 1.54) is 6.33 Å². The Morgan fingerprint density at radius 2 is 1.92 bits per heavy atom. The van der Waals surface area contributed by atoms with Crippen LogP contribution >= 0.6 is 11.6 Å². The molecule has 5 rings (SSSR count). The summed E-state index contributed by atoms with van der Waals surface area (Å²) in [7, 11) is 1.60. The molecule has 3 N–H and O–H groups in total. The van der Waals surface area contributed by atoms with Gasteiger partial charge in [-0.15, -0.1) is 0 Å². The highest BCUT2D eigenvalue weighted by atomic mass is 35.5. The number of halogens is 1. The molecule has 0 bridgehead atoms. The predicted octanol–water partition coefficient (Wildman–Crippen LogP) is 4.76. The molecule has 0 unspecified atom stereocenters. The maximum Gasteiger partial charge on any atom is 0.326 e. The van der Waals surface area contributed by atoms with E-state index in [0.717, 1.165) is 0 Å². The van der Waals surface area contributed by atoms with Gasteiger partial charge in [0.1, 0.15) is 32.0 Å². The van der Waals surface area contributed by atoms with Crippen molar-refractivity contribution in [3.8, 4) is 17.2 Å². The summed E-state index contributed by atoms with van der Waals surface area (Å²) in [6.45, 7) is 3.30. The summed E-state index contributed by atoms with van der Waals surface area (Å²) in [6, 6.07) is 7.93. The van der Waals surface area contributed by atoms with Gasteiger partial charge in [-0.05, 0) is 25.1 Å². The van der Waals surface area contributed by atoms with Gasteiger partial charge >= 0.3 is 6.03 Å². The topological polar surface area (TPSA) is 142 Å². The minimum Gasteiger partial charge on any atom is -0.487 e. The van der Waals surface area contributed by atoms with E-state index >= 15 is 0 Å². The third-order valence-electron chi connectivity index (χ3n) is 5.27. The fourth-order valence-corrected chi connectivity index (χ4v) is 3.89. The van der Waals surface area contributed by atoms with Gasteiger partial charge in [-0.3, -0.25) is 5.32 Å². The minimum absolute atomic E-state index is 0.224. The number of fused-ring (bicyclic) bond motifs is 3. The summed E-state index contributed by atoms with van der Waals surface area (Å²) in [5.74, 6) is 2.20. The molecule has 0 saturated heterocycles. The molecule has 37 heavy (non-hydrogen) atoms. The van der Waals surface area contributed by atoms with Gasteiger partial charge in [0.05, 0.1) is 33.9 Å². The molecule has 0 saturated carbocycles. The van der Waals surface area contributed by atoms with E-state index in [9.17, 15) is 4.79 Å². The van der Waals surface area contributed by atoms with Gasteiger partial charge in [-0.2, -0.15) is 0 Å². The molecule has 12 nitrogen and oxygen atoms in total. The van der Waals surface area contributed by atoms with Gasteiger partial charge < -0.3 is 34.1 Å². The van der Waals surface area contributed by atoms with Crippen molar-refractivity contribution in [1.82, 2.24) is 15.1 Å². The minimum atomic E-state index is -0.521. The number of ether oxygens (including phenoxy) is 4. The number of methoxy groups -OCH3 is 1. The smallest absolute Gasteiger partial charge is 0.326 e. The number of carbonyl (C=O) groups excluding carboxylic acids is 1. The predicted molar refractivity (Wildman–Crippen MR) is 137 cm³/mol. The van der Waals surface area contributed by atoms with E-state index in [2.05, 4.69) is 31.1 Å². The molecular weight excluding hydrogens is 504 g/mol. The molecule has 0 radical (unpaired) electrons. The van der Waals surface area contributed by atoms with E-state index in [1.807, 2.05) is 0 Å². The first-order valence-corrected chi connectivity index (χ1v) is 11.7. The van der Waals surface area contributed by atoms with Gasteiger partial charge in [-0.1, -0.05) is 16.8 Å². The maximum absolute atomic E-state index is 12.3. The molecule has 4 aromatic rings. The molecule has 0 fully saturated rings. The summed E-state index contributed by atoms with van der Waals surface area (Å²) in [6.07, 6.45) is 1.44. The van der Waals surface area contributed by atoms with Crippen molar-refractivity contribution in [3.63, 3.8) is 0 Å². The molecule has 0 spiro atoms. The highest BCUT2D eigenvalue weighted by molar-refractivity contribution is 6.34. The van der Waals surface area contributed by atoms with Gasteiger partial charge in [0, 0.05) is 24.9 Å². The van der Waals surface area contributed by atoms with E-state index in [-0.39, 0.29) is 5.88 Å². The average molecular weight is 527 g/mol. The van der Waals surface area contributed by atoms with E-state index < -0.39 is 6.03 Å². The van der Waals surface area contributed by atoms with Crippen LogP contribution < -0.4 is 30.2 Å². The molecule has 13 heteroatoms. The number of urea groups is 1. The third-order valence-corrected chi connectivity index (χ3v) is 5.58. The number of nitrogens with zero attached hydrogens (tertiary/aromatic N) is 3. The summed E-state index contributed by atoms with van der Waals surface area (Å²) < 4.78 is 27.7. The molecule has 2 aromatic carbocycles. The number of anilines is 4. The normalized spacial score (nSPS) is 12.3. The van der Waals surface area contributed by atoms with Crippen LogP contribution in [0.4, 0.5) is 27.9 Å². The maximum atomic E-state index is 12.3. The van der Waals surface area contributed by atoms with Crippen LogP contribution in [0.3, 0.4) is 0 Å². The van der Waals surface area contributed by atoms with E-state index in [0.29, 0.717) is 82.5 Å². The van der Waals surface area contributed by atoms with Crippen molar-refractivity contribution < 1.29 is 28.3 Å². The van der Waals surface area contributed by atoms with Crippen molar-refractivity contribution in [3.05, 3.63) is 47.4 Å². The Kier molecular flexibility index (Phi) is 7.10. The number of benzene rings is 2. The zero-order valence-electron chi connectivity index (χ0n) is 20.0. The zero-order chi connectivity index (χ0) is 25.8. The molecule has 1 aliphatic rings. The molecule has 2 amide bonds. The first-order valence-electron chi connectivity index (χ1n) is 11.3. The fourth-order valence-electron chi connectivity index (χ4n) is 3.67. The second kappa shape index (κ2) is 10.8. The largest absolute Gasteiger partial charge is 0.487 e. The second-order valence-corrected chi connectivity index (χ2v) is 8.33. The Balaban J connectivity index is 1.38. The van der Waals surface area contributed by atoms with Gasteiger partial charge in [0.15, 0.2) is 11.5 Å². The van der Waals surface area contributed by atoms with Crippen molar-refractivity contribution in [1.29, 1.82) is 0 Å². The Bertz CT molecular complexity index is 1450. The lowest BCUT2D eigenvalue weighted by Gasteiger charge is -2.23. The number of hydrogen-bond donors (Lipinski definition) is 3. The van der Waals surface area contributed by atoms with Crippen LogP contribution in [0, 0.1) is 6.92 Å². The molecule has 0 aliphatic carbocycles. The van der Waals surface area contributed by atoms with Crippen molar-refractivity contribution in [2.75, 3.05) is 49.5 Å². The van der Waals surface area contributed by atoms with E-state index in [1.54, 1.807) is 44.4 Å². The molecule has 0 atom stereocenters. The molecule has 1 aliphatic heterocycles. The third kappa shape index (κ3) is 5.44. The van der Waals surface area contributed by atoms with Gasteiger partial charge in [0.25, 0.3) is 0 Å². The molecule has 2 aromatic heterocycles. The number of aromatic nitrogens is 3. The standard InChI is InChI=1S/C24H23ClN6O6/c1-13-9-19(37-31-13)30-24(32)29-16-4-3-14(10-15(16)25)28-23-20-17(26-12-27-23)11-18(34-6-5-33-2)21-22(20)36-8-7-35-21/h3-4,9-12H,5-8H2,1-2H3,(H,26,27,28)(H2,29,30,32). The zero-order valence-corrected chi connectivity index (χ0v) is 20.7. The summed E-state index contributed by atoms with van der Waals surface area (Å²) in [4.78, 5) is 21.1. The molecular formula is C24H23ClN6O6. The Hall–Kier alpha value is -4.29. The van der Waals surface area contributed by atoms with Crippen LogP contribution in [0.5, 0.6) is 17.2 Å². The number of rotatable bonds is 8. The number of hydrogen-bond acceptors (Lipinski definition) is 10. The lowest BCUT2D eigenvalue weighted by Crippen LogP contribution is -2.19. The van der Waals surface area contributed by atoms with Crippen molar-refractivity contribution in [2.24, 2.45) is 0 Å². The fraction of sp³-hybridized carbons (Fsp3) is 0.250. The number of amides is 2. The number of aryl methyl sites for hydroxylation is 1. The summed E-state index contributed by atoms with van der Waals surface area (Å²) in [5.41, 5.74) is 2.29. The lowest BCUT2D eigenvalue weighted by atomic mass is 10.1. The Morgan fingerprint density at radius 1 is 1.08 bits per heavy atom. The molecule has 192 valence electrons. The number of carbonyl (C=O) groups is 1. The average Bonchev–Trinajstić information content (AvgIpc) is 3.30. The Morgan fingerprint density at radius 3 is 2.68 bits per heavy atom. The summed E-state index contributed by atoms with van der Waals surface area (Å²) >= 11 is 6.44. The first kappa shape index (κ1) is 24.4. The van der Waals surface area contributed by atoms with Gasteiger partial charge in [-0.25, -0.2) is 14.8 Å². The van der Waals surface area contributed by atoms with Gasteiger partial charge in [0.2, 0.25) is 11.6 Å². The Labute approximate surface area is 216 Å².